The minimum atomic E-state index is -0.229. The van der Waals surface area contributed by atoms with E-state index in [1.54, 1.807) is 12.1 Å². The highest BCUT2D eigenvalue weighted by atomic mass is 19.1. The van der Waals surface area contributed by atoms with Crippen LogP contribution in [0.5, 0.6) is 0 Å². The summed E-state index contributed by atoms with van der Waals surface area (Å²) in [5.41, 5.74) is 4.39. The predicted octanol–water partition coefficient (Wildman–Crippen LogP) is 4.66. The summed E-state index contributed by atoms with van der Waals surface area (Å²) in [6.07, 6.45) is 0. The second-order valence-corrected chi connectivity index (χ2v) is 4.71. The third-order valence-corrected chi connectivity index (χ3v) is 3.59. The largest absolute Gasteiger partial charge is 0.247 e. The van der Waals surface area contributed by atoms with E-state index in [4.69, 9.17) is 0 Å². The molecular weight excluding hydrogens is 237 g/mol. The standard InChI is InChI=1S/C17H14FN/c1-11-12(2)17(14-8-3-5-9-15(14)18)19-16-10-6-4-7-13(11)16/h3-10H,1-2H3. The Morgan fingerprint density at radius 2 is 1.53 bits per heavy atom. The summed E-state index contributed by atoms with van der Waals surface area (Å²) in [4.78, 5) is 4.63. The average Bonchev–Trinajstić information content (AvgIpc) is 2.44. The van der Waals surface area contributed by atoms with Crippen LogP contribution in [0.2, 0.25) is 0 Å². The molecule has 0 N–H and O–H groups in total. The van der Waals surface area contributed by atoms with Gasteiger partial charge in [-0.3, -0.25) is 0 Å². The van der Waals surface area contributed by atoms with Crippen molar-refractivity contribution in [2.75, 3.05) is 0 Å². The molecule has 3 aromatic rings. The van der Waals surface area contributed by atoms with Crippen molar-refractivity contribution >= 4 is 10.9 Å². The highest BCUT2D eigenvalue weighted by molar-refractivity contribution is 5.86. The zero-order valence-electron chi connectivity index (χ0n) is 10.9. The van der Waals surface area contributed by atoms with E-state index in [1.807, 2.05) is 31.2 Å². The fourth-order valence-electron chi connectivity index (χ4n) is 2.39. The summed E-state index contributed by atoms with van der Waals surface area (Å²) in [7, 11) is 0. The van der Waals surface area contributed by atoms with Crippen molar-refractivity contribution in [1.82, 2.24) is 4.98 Å². The number of hydrogen-bond donors (Lipinski definition) is 0. The van der Waals surface area contributed by atoms with Crippen molar-refractivity contribution in [2.45, 2.75) is 13.8 Å². The topological polar surface area (TPSA) is 12.9 Å². The zero-order chi connectivity index (χ0) is 13.4. The van der Waals surface area contributed by atoms with Gasteiger partial charge in [0.25, 0.3) is 0 Å². The van der Waals surface area contributed by atoms with Gasteiger partial charge in [-0.2, -0.15) is 0 Å². The Labute approximate surface area is 111 Å². The number of aromatic nitrogens is 1. The van der Waals surface area contributed by atoms with E-state index in [9.17, 15) is 4.39 Å². The van der Waals surface area contributed by atoms with Crippen molar-refractivity contribution in [3.05, 3.63) is 65.5 Å². The van der Waals surface area contributed by atoms with Crippen molar-refractivity contribution in [1.29, 1.82) is 0 Å². The van der Waals surface area contributed by atoms with Gasteiger partial charge in [0.15, 0.2) is 0 Å². The molecule has 0 aliphatic heterocycles. The molecule has 0 fully saturated rings. The van der Waals surface area contributed by atoms with E-state index in [1.165, 1.54) is 6.07 Å². The summed E-state index contributed by atoms with van der Waals surface area (Å²) >= 11 is 0. The number of halogens is 1. The third-order valence-electron chi connectivity index (χ3n) is 3.59. The van der Waals surface area contributed by atoms with Gasteiger partial charge in [0, 0.05) is 10.9 Å². The maximum Gasteiger partial charge on any atom is 0.132 e. The molecule has 94 valence electrons. The van der Waals surface area contributed by atoms with E-state index >= 15 is 0 Å². The van der Waals surface area contributed by atoms with Crippen LogP contribution in [0.1, 0.15) is 11.1 Å². The highest BCUT2D eigenvalue weighted by Gasteiger charge is 2.12. The molecular formula is C17H14FN. The van der Waals surface area contributed by atoms with E-state index in [-0.39, 0.29) is 5.82 Å². The molecule has 1 nitrogen and oxygen atoms in total. The highest BCUT2D eigenvalue weighted by Crippen LogP contribution is 2.30. The minimum Gasteiger partial charge on any atom is -0.247 e. The molecule has 3 rings (SSSR count). The lowest BCUT2D eigenvalue weighted by molar-refractivity contribution is 0.630. The van der Waals surface area contributed by atoms with Gasteiger partial charge in [-0.25, -0.2) is 9.37 Å². The van der Waals surface area contributed by atoms with Crippen molar-refractivity contribution in [3.8, 4) is 11.3 Å². The lowest BCUT2D eigenvalue weighted by Crippen LogP contribution is -1.96. The Kier molecular flexibility index (Phi) is 2.79. The lowest BCUT2D eigenvalue weighted by Gasteiger charge is -2.12. The van der Waals surface area contributed by atoms with Gasteiger partial charge in [-0.05, 0) is 43.2 Å². The molecule has 0 radical (unpaired) electrons. The summed E-state index contributed by atoms with van der Waals surface area (Å²) in [6, 6.07) is 14.8. The van der Waals surface area contributed by atoms with Gasteiger partial charge in [0.2, 0.25) is 0 Å². The third kappa shape index (κ3) is 1.89. The van der Waals surface area contributed by atoms with Crippen LogP contribution in [-0.4, -0.2) is 4.98 Å². The number of aryl methyl sites for hydroxylation is 1. The lowest BCUT2D eigenvalue weighted by atomic mass is 9.98. The van der Waals surface area contributed by atoms with Crippen molar-refractivity contribution in [3.63, 3.8) is 0 Å². The molecule has 0 amide bonds. The van der Waals surface area contributed by atoms with Crippen LogP contribution in [-0.2, 0) is 0 Å². The molecule has 0 unspecified atom stereocenters. The molecule has 0 saturated heterocycles. The van der Waals surface area contributed by atoms with Crippen LogP contribution in [0.25, 0.3) is 22.2 Å². The van der Waals surface area contributed by atoms with E-state index < -0.39 is 0 Å². The Morgan fingerprint density at radius 1 is 0.842 bits per heavy atom. The van der Waals surface area contributed by atoms with Crippen molar-refractivity contribution < 1.29 is 4.39 Å². The molecule has 0 spiro atoms. The maximum absolute atomic E-state index is 13.9. The summed E-state index contributed by atoms with van der Waals surface area (Å²) in [6.45, 7) is 4.06. The fraction of sp³-hybridized carbons (Fsp3) is 0.118. The Bertz CT molecular complexity index is 762. The SMILES string of the molecule is Cc1c(-c2ccccc2F)nc2ccccc2c1C. The Balaban J connectivity index is 2.37. The number of benzene rings is 2. The number of pyridine rings is 1. The predicted molar refractivity (Wildman–Crippen MR) is 76.6 cm³/mol. The fourth-order valence-corrected chi connectivity index (χ4v) is 2.39. The first-order valence-electron chi connectivity index (χ1n) is 6.29. The van der Waals surface area contributed by atoms with E-state index in [0.29, 0.717) is 5.56 Å². The Morgan fingerprint density at radius 3 is 2.32 bits per heavy atom. The van der Waals surface area contributed by atoms with E-state index in [0.717, 1.165) is 27.7 Å². The smallest absolute Gasteiger partial charge is 0.132 e. The molecule has 2 heteroatoms. The molecule has 0 bridgehead atoms. The molecule has 0 aliphatic rings. The first kappa shape index (κ1) is 11.8. The van der Waals surface area contributed by atoms with Crippen molar-refractivity contribution in [2.24, 2.45) is 0 Å². The first-order chi connectivity index (χ1) is 9.18. The van der Waals surface area contributed by atoms with Crippen LogP contribution in [0.4, 0.5) is 4.39 Å². The molecule has 1 heterocycles. The van der Waals surface area contributed by atoms with Crippen LogP contribution < -0.4 is 0 Å². The van der Waals surface area contributed by atoms with Gasteiger partial charge in [0.1, 0.15) is 5.82 Å². The molecule has 19 heavy (non-hydrogen) atoms. The molecule has 2 aromatic carbocycles. The molecule has 0 aliphatic carbocycles. The average molecular weight is 251 g/mol. The first-order valence-corrected chi connectivity index (χ1v) is 6.29. The van der Waals surface area contributed by atoms with Gasteiger partial charge < -0.3 is 0 Å². The Hall–Kier alpha value is -2.22. The summed E-state index contributed by atoms with van der Waals surface area (Å²) < 4.78 is 13.9. The summed E-state index contributed by atoms with van der Waals surface area (Å²) in [5.74, 6) is -0.229. The normalized spacial score (nSPS) is 10.9. The summed E-state index contributed by atoms with van der Waals surface area (Å²) in [5, 5.41) is 1.13. The number of para-hydroxylation sites is 1. The quantitative estimate of drug-likeness (QED) is 0.613. The number of rotatable bonds is 1. The minimum absolute atomic E-state index is 0.229. The van der Waals surface area contributed by atoms with Crippen LogP contribution >= 0.6 is 0 Å². The number of hydrogen-bond acceptors (Lipinski definition) is 1. The van der Waals surface area contributed by atoms with Gasteiger partial charge in [-0.1, -0.05) is 30.3 Å². The second kappa shape index (κ2) is 4.47. The maximum atomic E-state index is 13.9. The van der Waals surface area contributed by atoms with Gasteiger partial charge in [0.05, 0.1) is 11.2 Å². The second-order valence-electron chi connectivity index (χ2n) is 4.71. The van der Waals surface area contributed by atoms with Crippen LogP contribution in [0, 0.1) is 19.7 Å². The zero-order valence-corrected chi connectivity index (χ0v) is 10.9. The van der Waals surface area contributed by atoms with Crippen LogP contribution in [0.15, 0.2) is 48.5 Å². The monoisotopic (exact) mass is 251 g/mol. The van der Waals surface area contributed by atoms with Gasteiger partial charge in [-0.15, -0.1) is 0 Å². The molecule has 0 atom stereocenters. The van der Waals surface area contributed by atoms with E-state index in [2.05, 4.69) is 18.0 Å². The van der Waals surface area contributed by atoms with Crippen LogP contribution in [0.3, 0.4) is 0 Å². The number of nitrogens with zero attached hydrogens (tertiary/aromatic N) is 1. The van der Waals surface area contributed by atoms with Gasteiger partial charge >= 0.3 is 0 Å². The molecule has 0 saturated carbocycles. The number of fused-ring (bicyclic) bond motifs is 1. The molecule has 1 aromatic heterocycles.